The molecule has 0 aliphatic carbocycles. The molecule has 148 valence electrons. The Balaban J connectivity index is 1.60. The highest BCUT2D eigenvalue weighted by Gasteiger charge is 2.27. The van der Waals surface area contributed by atoms with Crippen molar-refractivity contribution in [1.82, 2.24) is 4.72 Å². The number of sulfonamides is 1. The quantitative estimate of drug-likeness (QED) is 0.571. The maximum atomic E-state index is 11.9. The summed E-state index contributed by atoms with van der Waals surface area (Å²) in [7, 11) is -3.23. The molecular weight excluding hydrogens is 350 g/mol. The molecule has 7 heteroatoms. The smallest absolute Gasteiger partial charge is 0.216 e. The third-order valence-corrected chi connectivity index (χ3v) is 6.87. The Morgan fingerprint density at radius 3 is 2.35 bits per heavy atom. The number of anilines is 2. The molecule has 0 aromatic heterocycles. The molecule has 1 unspecified atom stereocenters. The number of hydrogen-bond acceptors (Lipinski definition) is 5. The van der Waals surface area contributed by atoms with Crippen LogP contribution in [0.2, 0.25) is 0 Å². The highest BCUT2D eigenvalue weighted by Crippen LogP contribution is 2.22. The zero-order valence-corrected chi connectivity index (χ0v) is 17.0. The minimum atomic E-state index is -3.23. The molecule has 1 aromatic carbocycles. The number of aliphatic hydroxyl groups excluding tert-OH is 1. The van der Waals surface area contributed by atoms with Gasteiger partial charge in [-0.25, -0.2) is 13.1 Å². The Morgan fingerprint density at radius 2 is 1.77 bits per heavy atom. The van der Waals surface area contributed by atoms with Gasteiger partial charge in [0.25, 0.3) is 0 Å². The van der Waals surface area contributed by atoms with E-state index in [1.54, 1.807) is 20.8 Å². The summed E-state index contributed by atoms with van der Waals surface area (Å²) in [6.07, 6.45) is 3.44. The lowest BCUT2D eigenvalue weighted by molar-refractivity contribution is 0.198. The van der Waals surface area contributed by atoms with Crippen molar-refractivity contribution in [3.63, 3.8) is 0 Å². The first kappa shape index (κ1) is 21.0. The Morgan fingerprint density at radius 1 is 1.12 bits per heavy atom. The fourth-order valence-electron chi connectivity index (χ4n) is 2.85. The molecule has 0 bridgehead atoms. The normalized spacial score (nSPS) is 18.3. The number of nitrogens with zero attached hydrogens (tertiary/aromatic N) is 1. The lowest BCUT2D eigenvalue weighted by atomic mass is 10.2. The first-order valence-electron chi connectivity index (χ1n) is 9.45. The topological polar surface area (TPSA) is 81.7 Å². The van der Waals surface area contributed by atoms with E-state index in [-0.39, 0.29) is 6.10 Å². The zero-order chi connectivity index (χ0) is 19.2. The molecule has 1 fully saturated rings. The molecule has 6 nitrogen and oxygen atoms in total. The molecule has 1 saturated heterocycles. The minimum Gasteiger partial charge on any atom is -0.391 e. The van der Waals surface area contributed by atoms with E-state index in [4.69, 9.17) is 0 Å². The average molecular weight is 384 g/mol. The number of unbranched alkanes of at least 4 members (excludes halogenated alkanes) is 2. The summed E-state index contributed by atoms with van der Waals surface area (Å²) in [5.74, 6) is 0. The van der Waals surface area contributed by atoms with Gasteiger partial charge in [-0.3, -0.25) is 0 Å². The van der Waals surface area contributed by atoms with Gasteiger partial charge in [-0.2, -0.15) is 0 Å². The van der Waals surface area contributed by atoms with Crippen LogP contribution in [0, 0.1) is 0 Å². The zero-order valence-electron chi connectivity index (χ0n) is 16.2. The van der Waals surface area contributed by atoms with Gasteiger partial charge in [0, 0.05) is 37.6 Å². The molecule has 1 atom stereocenters. The molecule has 1 heterocycles. The van der Waals surface area contributed by atoms with Crippen molar-refractivity contribution in [3.8, 4) is 0 Å². The first-order valence-corrected chi connectivity index (χ1v) is 10.9. The lowest BCUT2D eigenvalue weighted by Crippen LogP contribution is -2.39. The van der Waals surface area contributed by atoms with E-state index in [0.29, 0.717) is 13.1 Å². The van der Waals surface area contributed by atoms with E-state index >= 15 is 0 Å². The minimum absolute atomic E-state index is 0.208. The fraction of sp³-hybridized carbons (Fsp3) is 0.684. The molecule has 0 amide bonds. The highest BCUT2D eigenvalue weighted by molar-refractivity contribution is 7.90. The van der Waals surface area contributed by atoms with Crippen molar-refractivity contribution in [1.29, 1.82) is 0 Å². The summed E-state index contributed by atoms with van der Waals surface area (Å²) < 4.78 is 25.8. The van der Waals surface area contributed by atoms with Gasteiger partial charge in [0.1, 0.15) is 0 Å². The molecule has 26 heavy (non-hydrogen) atoms. The van der Waals surface area contributed by atoms with Gasteiger partial charge in [-0.05, 0) is 64.3 Å². The van der Waals surface area contributed by atoms with Gasteiger partial charge in [0.2, 0.25) is 10.0 Å². The summed E-state index contributed by atoms with van der Waals surface area (Å²) in [6.45, 7) is 8.10. The van der Waals surface area contributed by atoms with Crippen LogP contribution >= 0.6 is 0 Å². The molecule has 1 aliphatic heterocycles. The Hall–Kier alpha value is -1.31. The Labute approximate surface area is 158 Å². The SMILES string of the molecule is CC(C)(C)S(=O)(=O)NCCCCCNc1ccc(N2CCC(O)C2)cc1. The van der Waals surface area contributed by atoms with Gasteiger partial charge < -0.3 is 15.3 Å². The number of aliphatic hydroxyl groups is 1. The van der Waals surface area contributed by atoms with Crippen LogP contribution in [0.5, 0.6) is 0 Å². The summed E-state index contributed by atoms with van der Waals surface area (Å²) in [4.78, 5) is 2.20. The predicted octanol–water partition coefficient (Wildman–Crippen LogP) is 2.56. The van der Waals surface area contributed by atoms with Crippen molar-refractivity contribution >= 4 is 21.4 Å². The lowest BCUT2D eigenvalue weighted by Gasteiger charge is -2.19. The van der Waals surface area contributed by atoms with Crippen LogP contribution in [0.4, 0.5) is 11.4 Å². The second-order valence-electron chi connectivity index (χ2n) is 7.93. The number of benzene rings is 1. The van der Waals surface area contributed by atoms with Crippen LogP contribution in [0.3, 0.4) is 0 Å². The standard InChI is InChI=1S/C19H33N3O3S/c1-19(2,3)26(24,25)21-13-6-4-5-12-20-16-7-9-17(10-8-16)22-14-11-18(23)15-22/h7-10,18,20-21,23H,4-6,11-15H2,1-3H3. The maximum absolute atomic E-state index is 11.9. The van der Waals surface area contributed by atoms with E-state index in [9.17, 15) is 13.5 Å². The third kappa shape index (κ3) is 6.14. The van der Waals surface area contributed by atoms with Crippen LogP contribution in [0.15, 0.2) is 24.3 Å². The van der Waals surface area contributed by atoms with Crippen LogP contribution in [-0.2, 0) is 10.0 Å². The van der Waals surface area contributed by atoms with Gasteiger partial charge >= 0.3 is 0 Å². The summed E-state index contributed by atoms with van der Waals surface area (Å²) in [5, 5.41) is 13.0. The van der Waals surface area contributed by atoms with E-state index in [0.717, 1.165) is 50.1 Å². The number of hydrogen-bond donors (Lipinski definition) is 3. The van der Waals surface area contributed by atoms with Crippen molar-refractivity contribution in [3.05, 3.63) is 24.3 Å². The van der Waals surface area contributed by atoms with E-state index in [1.807, 2.05) is 0 Å². The maximum Gasteiger partial charge on any atom is 0.216 e. The van der Waals surface area contributed by atoms with Crippen LogP contribution < -0.4 is 14.9 Å². The monoisotopic (exact) mass is 383 g/mol. The second kappa shape index (κ2) is 9.06. The fourth-order valence-corrected chi connectivity index (χ4v) is 3.70. The van der Waals surface area contributed by atoms with E-state index in [2.05, 4.69) is 39.2 Å². The van der Waals surface area contributed by atoms with Crippen molar-refractivity contribution in [2.45, 2.75) is 57.3 Å². The van der Waals surface area contributed by atoms with Crippen LogP contribution in [0.25, 0.3) is 0 Å². The van der Waals surface area contributed by atoms with E-state index < -0.39 is 14.8 Å². The molecule has 2 rings (SSSR count). The number of nitrogens with one attached hydrogen (secondary N) is 2. The van der Waals surface area contributed by atoms with Gasteiger partial charge in [0.05, 0.1) is 10.9 Å². The average Bonchev–Trinajstić information content (AvgIpc) is 3.00. The van der Waals surface area contributed by atoms with Gasteiger partial charge in [0.15, 0.2) is 0 Å². The first-order chi connectivity index (χ1) is 12.2. The summed E-state index contributed by atoms with van der Waals surface area (Å²) in [6, 6.07) is 8.30. The highest BCUT2D eigenvalue weighted by atomic mass is 32.2. The largest absolute Gasteiger partial charge is 0.391 e. The summed E-state index contributed by atoms with van der Waals surface area (Å²) >= 11 is 0. The number of β-amino-alcohol motifs (C(OH)–C–C–N with tert-alkyl or cyclic N) is 1. The number of rotatable bonds is 9. The van der Waals surface area contributed by atoms with Gasteiger partial charge in [-0.15, -0.1) is 0 Å². The molecule has 0 spiro atoms. The van der Waals surface area contributed by atoms with Gasteiger partial charge in [-0.1, -0.05) is 6.42 Å². The molecule has 0 saturated carbocycles. The Kier molecular flexibility index (Phi) is 7.32. The molecule has 1 aromatic rings. The Bertz CT molecular complexity index is 654. The molecular formula is C19H33N3O3S. The van der Waals surface area contributed by atoms with Crippen molar-refractivity contribution in [2.24, 2.45) is 0 Å². The molecule has 3 N–H and O–H groups in total. The second-order valence-corrected chi connectivity index (χ2v) is 10.5. The third-order valence-electron chi connectivity index (χ3n) is 4.68. The molecule has 1 aliphatic rings. The molecule has 0 radical (unpaired) electrons. The predicted molar refractivity (Wildman–Crippen MR) is 108 cm³/mol. The summed E-state index contributed by atoms with van der Waals surface area (Å²) in [5.41, 5.74) is 2.24. The van der Waals surface area contributed by atoms with Crippen LogP contribution in [-0.4, -0.2) is 50.6 Å². The van der Waals surface area contributed by atoms with Crippen molar-refractivity contribution in [2.75, 3.05) is 36.4 Å². The van der Waals surface area contributed by atoms with Crippen LogP contribution in [0.1, 0.15) is 46.5 Å². The van der Waals surface area contributed by atoms with Crippen molar-refractivity contribution < 1.29 is 13.5 Å². The van der Waals surface area contributed by atoms with E-state index in [1.165, 1.54) is 0 Å².